The van der Waals surface area contributed by atoms with Crippen LogP contribution in [0, 0.1) is 12.8 Å². The maximum Gasteiger partial charge on any atom is 0.227 e. The molecule has 1 saturated heterocycles. The number of aryl methyl sites for hydroxylation is 2. The van der Waals surface area contributed by atoms with Crippen LogP contribution in [-0.2, 0) is 17.8 Å². The van der Waals surface area contributed by atoms with Gasteiger partial charge in [0.25, 0.3) is 0 Å². The Hall–Kier alpha value is -2.15. The minimum atomic E-state index is -0.0679. The largest absolute Gasteiger partial charge is 0.347 e. The number of hydrogen-bond acceptors (Lipinski definition) is 4. The van der Waals surface area contributed by atoms with Crippen LogP contribution in [0.5, 0.6) is 0 Å². The lowest BCUT2D eigenvalue weighted by atomic mass is 9.90. The van der Waals surface area contributed by atoms with Crippen molar-refractivity contribution in [3.05, 3.63) is 35.4 Å². The molecule has 0 spiro atoms. The minimum Gasteiger partial charge on any atom is -0.347 e. The fourth-order valence-corrected chi connectivity index (χ4v) is 3.56. The Labute approximate surface area is 142 Å². The third-order valence-corrected chi connectivity index (χ3v) is 4.80. The average molecular weight is 330 g/mol. The van der Waals surface area contributed by atoms with Crippen LogP contribution in [0.1, 0.15) is 35.9 Å². The molecule has 2 N–H and O–H groups in total. The average Bonchev–Trinajstić information content (AvgIpc) is 3.26. The van der Waals surface area contributed by atoms with Gasteiger partial charge in [-0.25, -0.2) is 9.97 Å². The molecule has 1 aliphatic rings. The van der Waals surface area contributed by atoms with Crippen molar-refractivity contribution < 1.29 is 4.79 Å². The summed E-state index contributed by atoms with van der Waals surface area (Å²) in [6.07, 6.45) is 4.36. The number of carbonyl (C=O) groups excluding carboxylic acids is 1. The van der Waals surface area contributed by atoms with Gasteiger partial charge >= 0.3 is 0 Å². The Morgan fingerprint density at radius 2 is 2.21 bits per heavy atom. The summed E-state index contributed by atoms with van der Waals surface area (Å²) in [6.45, 7) is 6.26. The summed E-state index contributed by atoms with van der Waals surface area (Å²) in [5.41, 5.74) is 2.12. The maximum atomic E-state index is 13.0. The van der Waals surface area contributed by atoms with Crippen LogP contribution in [0.2, 0.25) is 0 Å². The van der Waals surface area contributed by atoms with E-state index in [1.54, 1.807) is 17.3 Å². The third-order valence-electron chi connectivity index (χ3n) is 4.80. The van der Waals surface area contributed by atoms with Crippen LogP contribution in [0.25, 0.3) is 0 Å². The molecule has 0 unspecified atom stereocenters. The zero-order chi connectivity index (χ0) is 17.3. The van der Waals surface area contributed by atoms with Crippen molar-refractivity contribution in [2.75, 3.05) is 27.2 Å². The molecule has 1 fully saturated rings. The van der Waals surface area contributed by atoms with Gasteiger partial charge in [0, 0.05) is 50.6 Å². The number of likely N-dealkylation sites (tertiary alicyclic amines) is 1. The van der Waals surface area contributed by atoms with Crippen LogP contribution < -0.4 is 0 Å². The van der Waals surface area contributed by atoms with Crippen LogP contribution >= 0.6 is 0 Å². The predicted molar refractivity (Wildman–Crippen MR) is 91.5 cm³/mol. The molecule has 1 aliphatic heterocycles. The van der Waals surface area contributed by atoms with Crippen molar-refractivity contribution in [2.24, 2.45) is 5.92 Å². The number of rotatable bonds is 5. The molecular weight excluding hydrogens is 304 g/mol. The second-order valence-electron chi connectivity index (χ2n) is 6.71. The highest BCUT2D eigenvalue weighted by Crippen LogP contribution is 2.34. The van der Waals surface area contributed by atoms with Gasteiger partial charge in [-0.2, -0.15) is 0 Å². The first-order valence-corrected chi connectivity index (χ1v) is 8.46. The zero-order valence-electron chi connectivity index (χ0n) is 14.8. The summed E-state index contributed by atoms with van der Waals surface area (Å²) >= 11 is 0. The highest BCUT2D eigenvalue weighted by atomic mass is 16.2. The number of nitrogens with zero attached hydrogens (tertiary/aromatic N) is 4. The van der Waals surface area contributed by atoms with Gasteiger partial charge in [-0.05, 0) is 14.0 Å². The Bertz CT molecular complexity index is 692. The van der Waals surface area contributed by atoms with Crippen molar-refractivity contribution in [3.63, 3.8) is 0 Å². The van der Waals surface area contributed by atoms with Crippen molar-refractivity contribution in [1.82, 2.24) is 29.7 Å². The first-order valence-electron chi connectivity index (χ1n) is 8.46. The number of aromatic amines is 2. The van der Waals surface area contributed by atoms with Crippen molar-refractivity contribution in [3.8, 4) is 0 Å². The minimum absolute atomic E-state index is 0.0679. The van der Waals surface area contributed by atoms with Crippen LogP contribution in [-0.4, -0.2) is 62.8 Å². The smallest absolute Gasteiger partial charge is 0.227 e. The van der Waals surface area contributed by atoms with E-state index in [2.05, 4.69) is 33.8 Å². The molecule has 0 aromatic carbocycles. The molecule has 3 heterocycles. The SMILES string of the molecule is CCc1nc([C@@H]2CN(C)C[C@H]2C(=O)N(C)Cc2ncc[nH]2)c(C)[nH]1. The van der Waals surface area contributed by atoms with E-state index < -0.39 is 0 Å². The zero-order valence-corrected chi connectivity index (χ0v) is 14.8. The van der Waals surface area contributed by atoms with Crippen molar-refractivity contribution in [1.29, 1.82) is 0 Å². The molecule has 2 aromatic heterocycles. The van der Waals surface area contributed by atoms with Crippen LogP contribution in [0.15, 0.2) is 12.4 Å². The third kappa shape index (κ3) is 3.21. The molecule has 0 saturated carbocycles. The van der Waals surface area contributed by atoms with Gasteiger partial charge in [-0.15, -0.1) is 0 Å². The van der Waals surface area contributed by atoms with Crippen molar-refractivity contribution in [2.45, 2.75) is 32.7 Å². The topological polar surface area (TPSA) is 80.9 Å². The molecule has 130 valence electrons. The van der Waals surface area contributed by atoms with Crippen LogP contribution in [0.4, 0.5) is 0 Å². The van der Waals surface area contributed by atoms with E-state index in [9.17, 15) is 4.79 Å². The highest BCUT2D eigenvalue weighted by Gasteiger charge is 2.40. The lowest BCUT2D eigenvalue weighted by Crippen LogP contribution is -2.36. The fraction of sp³-hybridized carbons (Fsp3) is 0.588. The molecule has 0 radical (unpaired) electrons. The summed E-state index contributed by atoms with van der Waals surface area (Å²) in [5, 5.41) is 0. The maximum absolute atomic E-state index is 13.0. The summed E-state index contributed by atoms with van der Waals surface area (Å²) in [6, 6.07) is 0. The quantitative estimate of drug-likeness (QED) is 0.866. The first kappa shape index (κ1) is 16.7. The summed E-state index contributed by atoms with van der Waals surface area (Å²) in [7, 11) is 3.91. The van der Waals surface area contributed by atoms with Gasteiger partial charge in [0.05, 0.1) is 18.2 Å². The normalized spacial score (nSPS) is 21.3. The lowest BCUT2D eigenvalue weighted by Gasteiger charge is -2.23. The van der Waals surface area contributed by atoms with E-state index in [4.69, 9.17) is 4.98 Å². The Morgan fingerprint density at radius 3 is 2.83 bits per heavy atom. The molecule has 2 atom stereocenters. The molecule has 0 aliphatic carbocycles. The van der Waals surface area contributed by atoms with Crippen molar-refractivity contribution >= 4 is 5.91 Å². The standard InChI is InChI=1S/C17H26N6O/c1-5-14-20-11(2)16(21-14)12-8-22(3)9-13(12)17(24)23(4)10-15-18-6-7-19-15/h6-7,12-13H,5,8-10H2,1-4H3,(H,18,19)(H,20,21)/t12-,13-/m1/s1. The molecule has 1 amide bonds. The second-order valence-corrected chi connectivity index (χ2v) is 6.71. The number of H-pyrrole nitrogens is 2. The van der Waals surface area contributed by atoms with Gasteiger partial charge in [0.1, 0.15) is 11.6 Å². The van der Waals surface area contributed by atoms with Gasteiger partial charge < -0.3 is 19.8 Å². The van der Waals surface area contributed by atoms with E-state index in [0.717, 1.165) is 42.5 Å². The number of amides is 1. The lowest BCUT2D eigenvalue weighted by molar-refractivity contribution is -0.134. The van der Waals surface area contributed by atoms with Gasteiger partial charge in [-0.1, -0.05) is 6.92 Å². The number of likely N-dealkylation sites (N-methyl/N-ethyl adjacent to an activating group) is 1. The summed E-state index contributed by atoms with van der Waals surface area (Å²) < 4.78 is 0. The Morgan fingerprint density at radius 1 is 1.42 bits per heavy atom. The Balaban J connectivity index is 1.79. The molecule has 2 aromatic rings. The number of aromatic nitrogens is 4. The number of imidazole rings is 2. The van der Waals surface area contributed by atoms with Gasteiger partial charge in [0.15, 0.2) is 0 Å². The molecule has 0 bridgehead atoms. The van der Waals surface area contributed by atoms with E-state index >= 15 is 0 Å². The highest BCUT2D eigenvalue weighted by molar-refractivity contribution is 5.80. The monoisotopic (exact) mass is 330 g/mol. The molecular formula is C17H26N6O. The van der Waals surface area contributed by atoms with Gasteiger partial charge in [-0.3, -0.25) is 4.79 Å². The fourth-order valence-electron chi connectivity index (χ4n) is 3.56. The van der Waals surface area contributed by atoms with E-state index in [1.807, 2.05) is 14.0 Å². The number of hydrogen-bond donors (Lipinski definition) is 2. The molecule has 3 rings (SSSR count). The first-order chi connectivity index (χ1) is 11.5. The molecule has 24 heavy (non-hydrogen) atoms. The second kappa shape index (κ2) is 6.76. The summed E-state index contributed by atoms with van der Waals surface area (Å²) in [4.78, 5) is 32.3. The Kier molecular flexibility index (Phi) is 4.71. The summed E-state index contributed by atoms with van der Waals surface area (Å²) in [5.74, 6) is 2.02. The van der Waals surface area contributed by atoms with E-state index in [-0.39, 0.29) is 17.7 Å². The molecule has 7 heteroatoms. The van der Waals surface area contributed by atoms with E-state index in [0.29, 0.717) is 6.54 Å². The predicted octanol–water partition coefficient (Wildman–Crippen LogP) is 1.31. The molecule has 7 nitrogen and oxygen atoms in total. The number of nitrogens with one attached hydrogen (secondary N) is 2. The van der Waals surface area contributed by atoms with Gasteiger partial charge in [0.2, 0.25) is 5.91 Å². The van der Waals surface area contributed by atoms with E-state index in [1.165, 1.54) is 0 Å². The van der Waals surface area contributed by atoms with Crippen LogP contribution in [0.3, 0.4) is 0 Å². The number of carbonyl (C=O) groups is 1.